The molecule has 1 aromatic rings. The average molecular weight is 324 g/mol. The first-order valence-corrected chi connectivity index (χ1v) is 7.60. The predicted octanol–water partition coefficient (Wildman–Crippen LogP) is 3.06. The van der Waals surface area contributed by atoms with E-state index in [1.54, 1.807) is 20.8 Å². The van der Waals surface area contributed by atoms with Crippen molar-refractivity contribution in [3.63, 3.8) is 0 Å². The Hall–Kier alpha value is -2.11. The molecule has 0 fully saturated rings. The molecule has 6 nitrogen and oxygen atoms in total. The van der Waals surface area contributed by atoms with Crippen molar-refractivity contribution in [3.8, 4) is 0 Å². The Bertz CT molecular complexity index is 469. The van der Waals surface area contributed by atoms with Crippen molar-refractivity contribution < 1.29 is 19.1 Å². The Morgan fingerprint density at radius 2 is 1.91 bits per heavy atom. The maximum Gasteiger partial charge on any atom is 0.410 e. The van der Waals surface area contributed by atoms with E-state index in [4.69, 9.17) is 4.74 Å². The van der Waals surface area contributed by atoms with Gasteiger partial charge in [0.05, 0.1) is 7.11 Å². The summed E-state index contributed by atoms with van der Waals surface area (Å²) in [6.07, 6.45) is 3.57. The summed E-state index contributed by atoms with van der Waals surface area (Å²) < 4.78 is 9.44. The Balaban J connectivity index is 0.000000459. The van der Waals surface area contributed by atoms with Crippen molar-refractivity contribution in [1.82, 2.24) is 9.88 Å². The summed E-state index contributed by atoms with van der Waals surface area (Å²) in [4.78, 5) is 27.5. The standard InChI is InChI=1S/C9H17NO4.C8H11N/c1-9(2,3)14-8(12)10(4)6-7(11)13-5;1-2-5-8-6-3-4-7-9-8/h6H2,1-5H3;3-4,6-7H,2,5H2,1H3. The summed E-state index contributed by atoms with van der Waals surface area (Å²) in [6, 6.07) is 6.03. The van der Waals surface area contributed by atoms with E-state index < -0.39 is 17.7 Å². The molecule has 0 bridgehead atoms. The number of amides is 1. The number of carbonyl (C=O) groups excluding carboxylic acids is 2. The molecule has 0 spiro atoms. The monoisotopic (exact) mass is 324 g/mol. The summed E-state index contributed by atoms with van der Waals surface area (Å²) in [5.41, 5.74) is 0.640. The Labute approximate surface area is 138 Å². The van der Waals surface area contributed by atoms with Crippen LogP contribution in [0.5, 0.6) is 0 Å². The predicted molar refractivity (Wildman–Crippen MR) is 89.1 cm³/mol. The number of likely N-dealkylation sites (N-methyl/N-ethyl adjacent to an activating group) is 1. The second-order valence-corrected chi connectivity index (χ2v) is 5.98. The number of pyridine rings is 1. The van der Waals surface area contributed by atoms with E-state index in [-0.39, 0.29) is 6.54 Å². The third-order valence-corrected chi connectivity index (χ3v) is 2.53. The number of aryl methyl sites for hydroxylation is 1. The van der Waals surface area contributed by atoms with Crippen LogP contribution in [0, 0.1) is 0 Å². The molecule has 1 rings (SSSR count). The molecular formula is C17H28N2O4. The summed E-state index contributed by atoms with van der Waals surface area (Å²) >= 11 is 0. The molecule has 6 heteroatoms. The zero-order chi connectivity index (χ0) is 17.9. The van der Waals surface area contributed by atoms with Crippen molar-refractivity contribution in [2.24, 2.45) is 0 Å². The topological polar surface area (TPSA) is 68.7 Å². The van der Waals surface area contributed by atoms with Crippen molar-refractivity contribution in [2.75, 3.05) is 20.7 Å². The van der Waals surface area contributed by atoms with Gasteiger partial charge in [0.25, 0.3) is 0 Å². The zero-order valence-corrected chi connectivity index (χ0v) is 15.0. The number of rotatable bonds is 4. The van der Waals surface area contributed by atoms with Gasteiger partial charge in [0, 0.05) is 18.9 Å². The molecule has 0 N–H and O–H groups in total. The number of carbonyl (C=O) groups is 2. The second kappa shape index (κ2) is 10.6. The van der Waals surface area contributed by atoms with E-state index in [1.165, 1.54) is 26.3 Å². The number of hydrogen-bond donors (Lipinski definition) is 0. The van der Waals surface area contributed by atoms with Gasteiger partial charge in [-0.05, 0) is 39.3 Å². The molecule has 1 heterocycles. The zero-order valence-electron chi connectivity index (χ0n) is 15.0. The van der Waals surface area contributed by atoms with Gasteiger partial charge < -0.3 is 14.4 Å². The fourth-order valence-electron chi connectivity index (χ4n) is 1.46. The van der Waals surface area contributed by atoms with Crippen LogP contribution in [0.1, 0.15) is 39.8 Å². The Kier molecular flexibility index (Phi) is 9.62. The van der Waals surface area contributed by atoms with Gasteiger partial charge in [0.2, 0.25) is 0 Å². The minimum Gasteiger partial charge on any atom is -0.468 e. The molecule has 0 saturated carbocycles. The third kappa shape index (κ3) is 11.2. The van der Waals surface area contributed by atoms with E-state index in [2.05, 4.69) is 22.7 Å². The number of methoxy groups -OCH3 is 1. The van der Waals surface area contributed by atoms with Gasteiger partial charge in [0.15, 0.2) is 0 Å². The smallest absolute Gasteiger partial charge is 0.410 e. The first-order chi connectivity index (χ1) is 10.7. The van der Waals surface area contributed by atoms with Gasteiger partial charge >= 0.3 is 12.1 Å². The largest absolute Gasteiger partial charge is 0.468 e. The van der Waals surface area contributed by atoms with E-state index in [0.717, 1.165) is 11.3 Å². The van der Waals surface area contributed by atoms with Gasteiger partial charge in [-0.2, -0.15) is 0 Å². The fraction of sp³-hybridized carbons (Fsp3) is 0.588. The molecule has 130 valence electrons. The highest BCUT2D eigenvalue weighted by Crippen LogP contribution is 2.08. The Morgan fingerprint density at radius 1 is 1.26 bits per heavy atom. The lowest BCUT2D eigenvalue weighted by Gasteiger charge is -2.23. The van der Waals surface area contributed by atoms with E-state index in [9.17, 15) is 9.59 Å². The van der Waals surface area contributed by atoms with E-state index >= 15 is 0 Å². The molecular weight excluding hydrogens is 296 g/mol. The highest BCUT2D eigenvalue weighted by Gasteiger charge is 2.21. The number of aromatic nitrogens is 1. The van der Waals surface area contributed by atoms with Crippen LogP contribution in [0.2, 0.25) is 0 Å². The van der Waals surface area contributed by atoms with Crippen LogP contribution in [0.25, 0.3) is 0 Å². The van der Waals surface area contributed by atoms with Gasteiger partial charge in [0.1, 0.15) is 12.1 Å². The van der Waals surface area contributed by atoms with Crippen LogP contribution in [-0.2, 0) is 20.7 Å². The first kappa shape index (κ1) is 20.9. The summed E-state index contributed by atoms with van der Waals surface area (Å²) in [7, 11) is 2.75. The normalized spacial score (nSPS) is 10.2. The molecule has 23 heavy (non-hydrogen) atoms. The highest BCUT2D eigenvalue weighted by molar-refractivity contribution is 5.77. The third-order valence-electron chi connectivity index (χ3n) is 2.53. The number of nitrogens with zero attached hydrogens (tertiary/aromatic N) is 2. The molecule has 0 unspecified atom stereocenters. The lowest BCUT2D eigenvalue weighted by molar-refractivity contribution is -0.141. The minimum absolute atomic E-state index is 0.106. The molecule has 1 aromatic heterocycles. The van der Waals surface area contributed by atoms with Crippen LogP contribution in [0.3, 0.4) is 0 Å². The van der Waals surface area contributed by atoms with Gasteiger partial charge in [-0.1, -0.05) is 19.4 Å². The molecule has 0 atom stereocenters. The van der Waals surface area contributed by atoms with Crippen LogP contribution in [0.4, 0.5) is 4.79 Å². The number of ether oxygens (including phenoxy) is 2. The van der Waals surface area contributed by atoms with Gasteiger partial charge in [-0.3, -0.25) is 9.78 Å². The molecule has 1 amide bonds. The first-order valence-electron chi connectivity index (χ1n) is 7.60. The quantitative estimate of drug-likeness (QED) is 0.796. The second-order valence-electron chi connectivity index (χ2n) is 5.98. The molecule has 0 aliphatic carbocycles. The average Bonchev–Trinajstić information content (AvgIpc) is 2.47. The Morgan fingerprint density at radius 3 is 2.35 bits per heavy atom. The molecule has 0 radical (unpaired) electrons. The fourth-order valence-corrected chi connectivity index (χ4v) is 1.46. The summed E-state index contributed by atoms with van der Waals surface area (Å²) in [5, 5.41) is 0. The maximum atomic E-state index is 11.3. The van der Waals surface area contributed by atoms with Crippen molar-refractivity contribution in [2.45, 2.75) is 46.1 Å². The number of hydrogen-bond acceptors (Lipinski definition) is 5. The molecule has 0 aromatic carbocycles. The van der Waals surface area contributed by atoms with Crippen molar-refractivity contribution in [3.05, 3.63) is 30.1 Å². The molecule has 0 saturated heterocycles. The maximum absolute atomic E-state index is 11.3. The lowest BCUT2D eigenvalue weighted by Crippen LogP contribution is -2.37. The van der Waals surface area contributed by atoms with Crippen LogP contribution < -0.4 is 0 Å². The SMILES string of the molecule is CCCc1ccccn1.COC(=O)CN(C)C(=O)OC(C)(C)C. The highest BCUT2D eigenvalue weighted by atomic mass is 16.6. The van der Waals surface area contributed by atoms with Gasteiger partial charge in [-0.25, -0.2) is 4.79 Å². The van der Waals surface area contributed by atoms with Gasteiger partial charge in [-0.15, -0.1) is 0 Å². The minimum atomic E-state index is -0.554. The number of esters is 1. The molecule has 0 aliphatic rings. The van der Waals surface area contributed by atoms with E-state index in [1.807, 2.05) is 18.3 Å². The van der Waals surface area contributed by atoms with E-state index in [0.29, 0.717) is 0 Å². The lowest BCUT2D eigenvalue weighted by atomic mass is 10.2. The van der Waals surface area contributed by atoms with Crippen molar-refractivity contribution >= 4 is 12.1 Å². The van der Waals surface area contributed by atoms with Crippen molar-refractivity contribution in [1.29, 1.82) is 0 Å². The molecule has 0 aliphatic heterocycles. The van der Waals surface area contributed by atoms with Crippen LogP contribution in [0.15, 0.2) is 24.4 Å². The summed E-state index contributed by atoms with van der Waals surface area (Å²) in [6.45, 7) is 7.34. The van der Waals surface area contributed by atoms with Crippen LogP contribution >= 0.6 is 0 Å². The van der Waals surface area contributed by atoms with Crippen LogP contribution in [-0.4, -0.2) is 48.2 Å². The summed E-state index contributed by atoms with van der Waals surface area (Å²) in [5.74, 6) is -0.474.